The molecule has 3 aromatic carbocycles. The molecule has 1 aliphatic heterocycles. The van der Waals surface area contributed by atoms with Crippen molar-refractivity contribution in [2.45, 2.75) is 19.1 Å². The van der Waals surface area contributed by atoms with Crippen LogP contribution in [0.2, 0.25) is 0 Å². The Kier molecular flexibility index (Phi) is 6.87. The Hall–Kier alpha value is -4.60. The topological polar surface area (TPSA) is 79.3 Å². The van der Waals surface area contributed by atoms with Gasteiger partial charge in [0, 0.05) is 30.7 Å². The Bertz CT molecular complexity index is 1450. The Labute approximate surface area is 216 Å². The van der Waals surface area contributed by atoms with Crippen molar-refractivity contribution in [1.29, 1.82) is 0 Å². The first-order valence-corrected chi connectivity index (χ1v) is 12.0. The van der Waals surface area contributed by atoms with E-state index in [1.807, 2.05) is 30.3 Å². The van der Waals surface area contributed by atoms with E-state index < -0.39 is 17.6 Å². The molecule has 0 saturated heterocycles. The fraction of sp³-hybridized carbons (Fsp3) is 0.179. The summed E-state index contributed by atoms with van der Waals surface area (Å²) in [5, 5.41) is 9.83. The zero-order chi connectivity index (χ0) is 26.7. The van der Waals surface area contributed by atoms with Crippen molar-refractivity contribution in [3.05, 3.63) is 107 Å². The van der Waals surface area contributed by atoms with Gasteiger partial charge in [-0.25, -0.2) is 4.68 Å². The molecule has 2 amide bonds. The van der Waals surface area contributed by atoms with Crippen molar-refractivity contribution in [2.75, 3.05) is 23.3 Å². The van der Waals surface area contributed by atoms with Gasteiger partial charge in [-0.2, -0.15) is 18.3 Å². The molecule has 0 radical (unpaired) electrons. The summed E-state index contributed by atoms with van der Waals surface area (Å²) < 4.78 is 39.6. The summed E-state index contributed by atoms with van der Waals surface area (Å²) in [5.74, 6) is -0.523. The molecule has 7 nitrogen and oxygen atoms in total. The summed E-state index contributed by atoms with van der Waals surface area (Å²) >= 11 is 0. The van der Waals surface area contributed by atoms with Crippen molar-refractivity contribution in [2.24, 2.45) is 0 Å². The van der Waals surface area contributed by atoms with Gasteiger partial charge >= 0.3 is 6.18 Å². The molecular weight excluding hydrogens is 495 g/mol. The van der Waals surface area contributed by atoms with E-state index in [1.54, 1.807) is 12.1 Å². The number of amides is 2. The SMILES string of the molecule is O=C(CN1CCc2ccccc21)Nc1ccc(CNC(=O)c2ccn(-c3ccc(C(F)(F)F)cc3)n2)cc1. The van der Waals surface area contributed by atoms with Crippen LogP contribution in [0.3, 0.4) is 0 Å². The van der Waals surface area contributed by atoms with Crippen LogP contribution in [0.1, 0.15) is 27.2 Å². The van der Waals surface area contributed by atoms with Crippen molar-refractivity contribution < 1.29 is 22.8 Å². The van der Waals surface area contributed by atoms with E-state index in [1.165, 1.54) is 34.6 Å². The van der Waals surface area contributed by atoms with Crippen LogP contribution in [0, 0.1) is 0 Å². The number of halogens is 3. The van der Waals surface area contributed by atoms with Crippen LogP contribution in [0.25, 0.3) is 5.69 Å². The molecule has 2 N–H and O–H groups in total. The third-order valence-electron chi connectivity index (χ3n) is 6.29. The van der Waals surface area contributed by atoms with Crippen molar-refractivity contribution >= 4 is 23.2 Å². The third-order valence-corrected chi connectivity index (χ3v) is 6.29. The molecule has 0 aliphatic carbocycles. The van der Waals surface area contributed by atoms with Crippen LogP contribution in [0.15, 0.2) is 85.1 Å². The van der Waals surface area contributed by atoms with E-state index >= 15 is 0 Å². The first kappa shape index (κ1) is 25.1. The summed E-state index contributed by atoms with van der Waals surface area (Å²) in [5.41, 5.74) is 3.62. The predicted molar refractivity (Wildman–Crippen MR) is 137 cm³/mol. The summed E-state index contributed by atoms with van der Waals surface area (Å²) in [6.07, 6.45) is -1.98. The van der Waals surface area contributed by atoms with Gasteiger partial charge in [-0.3, -0.25) is 9.59 Å². The van der Waals surface area contributed by atoms with E-state index in [4.69, 9.17) is 0 Å². The molecule has 38 heavy (non-hydrogen) atoms. The molecule has 4 aromatic rings. The molecule has 10 heteroatoms. The molecule has 0 atom stereocenters. The highest BCUT2D eigenvalue weighted by molar-refractivity contribution is 5.94. The summed E-state index contributed by atoms with van der Waals surface area (Å²) in [7, 11) is 0. The quantitative estimate of drug-likeness (QED) is 0.367. The number of para-hydroxylation sites is 1. The predicted octanol–water partition coefficient (Wildman–Crippen LogP) is 4.82. The lowest BCUT2D eigenvalue weighted by Crippen LogP contribution is -2.31. The maximum absolute atomic E-state index is 12.8. The number of aromatic nitrogens is 2. The van der Waals surface area contributed by atoms with Gasteiger partial charge in [-0.1, -0.05) is 30.3 Å². The zero-order valence-corrected chi connectivity index (χ0v) is 20.2. The number of anilines is 2. The molecule has 1 aromatic heterocycles. The van der Waals surface area contributed by atoms with Crippen LogP contribution in [0.5, 0.6) is 0 Å². The highest BCUT2D eigenvalue weighted by Gasteiger charge is 2.30. The van der Waals surface area contributed by atoms with E-state index in [0.717, 1.165) is 36.3 Å². The van der Waals surface area contributed by atoms with Crippen LogP contribution >= 0.6 is 0 Å². The lowest BCUT2D eigenvalue weighted by atomic mass is 10.2. The number of fused-ring (bicyclic) bond motifs is 1. The zero-order valence-electron chi connectivity index (χ0n) is 20.2. The Morgan fingerprint density at radius 3 is 2.39 bits per heavy atom. The summed E-state index contributed by atoms with van der Waals surface area (Å²) in [6.45, 7) is 1.33. The number of hydrogen-bond acceptors (Lipinski definition) is 4. The summed E-state index contributed by atoms with van der Waals surface area (Å²) in [4.78, 5) is 27.1. The van der Waals surface area contributed by atoms with Gasteiger partial charge in [-0.05, 0) is 66.1 Å². The number of alkyl halides is 3. The average Bonchev–Trinajstić information content (AvgIpc) is 3.56. The Morgan fingerprint density at radius 1 is 0.921 bits per heavy atom. The minimum Gasteiger partial charge on any atom is -0.362 e. The van der Waals surface area contributed by atoms with E-state index in [0.29, 0.717) is 11.4 Å². The van der Waals surface area contributed by atoms with Crippen molar-refractivity contribution in [3.63, 3.8) is 0 Å². The molecule has 0 bridgehead atoms. The largest absolute Gasteiger partial charge is 0.416 e. The van der Waals surface area contributed by atoms with E-state index in [9.17, 15) is 22.8 Å². The van der Waals surface area contributed by atoms with Gasteiger partial charge in [0.05, 0.1) is 17.8 Å². The third kappa shape index (κ3) is 5.69. The number of carbonyl (C=O) groups excluding carboxylic acids is 2. The van der Waals surface area contributed by atoms with Crippen LogP contribution in [0.4, 0.5) is 24.5 Å². The molecule has 0 spiro atoms. The smallest absolute Gasteiger partial charge is 0.362 e. The number of nitrogens with zero attached hydrogens (tertiary/aromatic N) is 3. The highest BCUT2D eigenvalue weighted by Crippen LogP contribution is 2.29. The van der Waals surface area contributed by atoms with Crippen molar-refractivity contribution in [3.8, 4) is 5.69 Å². The molecule has 2 heterocycles. The first-order valence-electron chi connectivity index (χ1n) is 12.0. The molecule has 0 unspecified atom stereocenters. The van der Waals surface area contributed by atoms with Gasteiger partial charge < -0.3 is 15.5 Å². The second kappa shape index (κ2) is 10.4. The standard InChI is InChI=1S/C28H24F3N5O2/c29-28(30,31)21-7-11-23(12-8-21)36-16-14-24(34-36)27(38)32-17-19-5-9-22(10-6-19)33-26(37)18-35-15-13-20-3-1-2-4-25(20)35/h1-12,14,16H,13,15,17-18H2,(H,32,38)(H,33,37). The van der Waals surface area contributed by atoms with E-state index in [2.05, 4.69) is 26.7 Å². The average molecular weight is 520 g/mol. The van der Waals surface area contributed by atoms with Crippen LogP contribution in [-0.4, -0.2) is 34.7 Å². The van der Waals surface area contributed by atoms with Gasteiger partial charge in [-0.15, -0.1) is 0 Å². The Balaban J connectivity index is 1.12. The normalized spacial score (nSPS) is 12.8. The number of nitrogens with one attached hydrogen (secondary N) is 2. The van der Waals surface area contributed by atoms with Crippen LogP contribution < -0.4 is 15.5 Å². The van der Waals surface area contributed by atoms with Crippen molar-refractivity contribution in [1.82, 2.24) is 15.1 Å². The highest BCUT2D eigenvalue weighted by atomic mass is 19.4. The van der Waals surface area contributed by atoms with Gasteiger partial charge in [0.25, 0.3) is 5.91 Å². The Morgan fingerprint density at radius 2 is 1.66 bits per heavy atom. The van der Waals surface area contributed by atoms with Gasteiger partial charge in [0.2, 0.25) is 5.91 Å². The maximum Gasteiger partial charge on any atom is 0.416 e. The lowest BCUT2D eigenvalue weighted by Gasteiger charge is -2.18. The first-order chi connectivity index (χ1) is 18.3. The van der Waals surface area contributed by atoms with Gasteiger partial charge in [0.15, 0.2) is 5.69 Å². The molecular formula is C28H24F3N5O2. The monoisotopic (exact) mass is 519 g/mol. The minimum atomic E-state index is -4.42. The minimum absolute atomic E-state index is 0.105. The number of hydrogen-bond donors (Lipinski definition) is 2. The molecule has 0 fully saturated rings. The summed E-state index contributed by atoms with van der Waals surface area (Å²) in [6, 6.07) is 21.3. The maximum atomic E-state index is 12.8. The second-order valence-electron chi connectivity index (χ2n) is 8.92. The van der Waals surface area contributed by atoms with E-state index in [-0.39, 0.29) is 24.7 Å². The number of benzene rings is 3. The molecule has 5 rings (SSSR count). The fourth-order valence-corrected chi connectivity index (χ4v) is 4.32. The molecule has 194 valence electrons. The van der Waals surface area contributed by atoms with Gasteiger partial charge in [0.1, 0.15) is 0 Å². The number of carbonyl (C=O) groups is 2. The molecule has 1 aliphatic rings. The lowest BCUT2D eigenvalue weighted by molar-refractivity contribution is -0.137. The molecule has 0 saturated carbocycles. The second-order valence-corrected chi connectivity index (χ2v) is 8.92. The number of rotatable bonds is 7. The van der Waals surface area contributed by atoms with Crippen LogP contribution in [-0.2, 0) is 23.9 Å². The fourth-order valence-electron chi connectivity index (χ4n) is 4.32.